The third kappa shape index (κ3) is 6.45. The van der Waals surface area contributed by atoms with Gasteiger partial charge in [0.05, 0.1) is 9.92 Å². The maximum atomic E-state index is 12.5. The number of anilines is 1. The number of ether oxygens (including phenoxy) is 1. The Balaban J connectivity index is 2.08. The maximum absolute atomic E-state index is 12.5. The average molecular weight is 411 g/mol. The quantitative estimate of drug-likeness (QED) is 0.759. The third-order valence-corrected chi connectivity index (χ3v) is 5.06. The highest BCUT2D eigenvalue weighted by Gasteiger charge is 2.18. The molecule has 0 aliphatic heterocycles. The fourth-order valence-electron chi connectivity index (χ4n) is 2.20. The topological polar surface area (TPSA) is 84.5 Å². The summed E-state index contributed by atoms with van der Waals surface area (Å²) < 4.78 is 32.9. The Morgan fingerprint density at radius 1 is 1.11 bits per heavy atom. The lowest BCUT2D eigenvalue weighted by Gasteiger charge is -2.20. The van der Waals surface area contributed by atoms with Gasteiger partial charge in [-0.2, -0.15) is 0 Å². The van der Waals surface area contributed by atoms with E-state index in [4.69, 9.17) is 16.3 Å². The molecule has 6 nitrogen and oxygen atoms in total. The predicted molar refractivity (Wildman–Crippen MR) is 107 cm³/mol. The number of amides is 1. The molecule has 0 fully saturated rings. The SMILES string of the molecule is Cc1ccc(NS(=O)(=O)c2ccc(OCC(=O)NC(C)(C)C)c(Cl)c2)cc1. The van der Waals surface area contributed by atoms with E-state index in [2.05, 4.69) is 10.0 Å². The van der Waals surface area contributed by atoms with Crippen molar-refractivity contribution < 1.29 is 17.9 Å². The molecule has 1 amide bonds. The number of hydrogen-bond acceptors (Lipinski definition) is 4. The molecule has 0 saturated carbocycles. The number of aryl methyl sites for hydroxylation is 1. The molecule has 0 unspecified atom stereocenters. The minimum atomic E-state index is -3.79. The van der Waals surface area contributed by atoms with E-state index in [1.54, 1.807) is 12.1 Å². The summed E-state index contributed by atoms with van der Waals surface area (Å²) in [7, 11) is -3.79. The van der Waals surface area contributed by atoms with E-state index in [0.717, 1.165) is 5.56 Å². The lowest BCUT2D eigenvalue weighted by Crippen LogP contribution is -2.43. The Kier molecular flexibility index (Phi) is 6.38. The molecule has 0 saturated heterocycles. The lowest BCUT2D eigenvalue weighted by molar-refractivity contribution is -0.124. The van der Waals surface area contributed by atoms with Gasteiger partial charge in [-0.25, -0.2) is 8.42 Å². The highest BCUT2D eigenvalue weighted by atomic mass is 35.5. The molecule has 8 heteroatoms. The first-order valence-electron chi connectivity index (χ1n) is 8.29. The second-order valence-electron chi connectivity index (χ2n) is 7.15. The first-order valence-corrected chi connectivity index (χ1v) is 10.2. The molecule has 0 aliphatic rings. The molecule has 0 atom stereocenters. The number of rotatable bonds is 6. The van der Waals surface area contributed by atoms with E-state index in [1.165, 1.54) is 18.2 Å². The van der Waals surface area contributed by atoms with E-state index >= 15 is 0 Å². The summed E-state index contributed by atoms with van der Waals surface area (Å²) in [4.78, 5) is 11.8. The molecular weight excluding hydrogens is 388 g/mol. The Morgan fingerprint density at radius 3 is 2.30 bits per heavy atom. The minimum Gasteiger partial charge on any atom is -0.482 e. The van der Waals surface area contributed by atoms with Crippen LogP contribution < -0.4 is 14.8 Å². The molecule has 0 spiro atoms. The highest BCUT2D eigenvalue weighted by molar-refractivity contribution is 7.92. The van der Waals surface area contributed by atoms with Gasteiger partial charge in [0.1, 0.15) is 5.75 Å². The highest BCUT2D eigenvalue weighted by Crippen LogP contribution is 2.28. The zero-order chi connectivity index (χ0) is 20.2. The van der Waals surface area contributed by atoms with Gasteiger partial charge in [0.15, 0.2) is 6.61 Å². The van der Waals surface area contributed by atoms with Gasteiger partial charge >= 0.3 is 0 Å². The van der Waals surface area contributed by atoms with E-state index in [-0.39, 0.29) is 33.7 Å². The second-order valence-corrected chi connectivity index (χ2v) is 9.24. The van der Waals surface area contributed by atoms with Crippen molar-refractivity contribution in [2.75, 3.05) is 11.3 Å². The smallest absolute Gasteiger partial charge is 0.261 e. The van der Waals surface area contributed by atoms with Crippen LogP contribution in [0.3, 0.4) is 0 Å². The number of hydrogen-bond donors (Lipinski definition) is 2. The average Bonchev–Trinajstić information content (AvgIpc) is 2.54. The van der Waals surface area contributed by atoms with Crippen molar-refractivity contribution >= 4 is 33.2 Å². The number of halogens is 1. The summed E-state index contributed by atoms with van der Waals surface area (Å²) in [6.45, 7) is 7.28. The number of benzene rings is 2. The lowest BCUT2D eigenvalue weighted by atomic mass is 10.1. The molecule has 0 aromatic heterocycles. The van der Waals surface area contributed by atoms with E-state index in [9.17, 15) is 13.2 Å². The fourth-order valence-corrected chi connectivity index (χ4v) is 3.58. The third-order valence-electron chi connectivity index (χ3n) is 3.39. The van der Waals surface area contributed by atoms with Crippen LogP contribution in [0.25, 0.3) is 0 Å². The molecule has 2 aromatic rings. The molecule has 0 radical (unpaired) electrons. The van der Waals surface area contributed by atoms with Crippen molar-refractivity contribution in [3.8, 4) is 5.75 Å². The summed E-state index contributed by atoms with van der Waals surface area (Å²) in [5.74, 6) is -0.0636. The first kappa shape index (κ1) is 21.1. The Bertz CT molecular complexity index is 920. The van der Waals surface area contributed by atoms with Crippen molar-refractivity contribution in [1.29, 1.82) is 0 Å². The zero-order valence-corrected chi connectivity index (χ0v) is 17.2. The Morgan fingerprint density at radius 2 is 1.74 bits per heavy atom. The van der Waals surface area contributed by atoms with Crippen LogP contribution in [0, 0.1) is 6.92 Å². The van der Waals surface area contributed by atoms with Crippen LogP contribution >= 0.6 is 11.6 Å². The normalized spacial score (nSPS) is 11.7. The standard InChI is InChI=1S/C19H23ClN2O4S/c1-13-5-7-14(8-6-13)22-27(24,25)15-9-10-17(16(20)11-15)26-12-18(23)21-19(2,3)4/h5-11,22H,12H2,1-4H3,(H,21,23). The van der Waals surface area contributed by atoms with Crippen molar-refractivity contribution in [1.82, 2.24) is 5.32 Å². The van der Waals surface area contributed by atoms with Gasteiger partial charge < -0.3 is 10.1 Å². The van der Waals surface area contributed by atoms with Crippen molar-refractivity contribution in [3.05, 3.63) is 53.1 Å². The van der Waals surface area contributed by atoms with Crippen molar-refractivity contribution in [3.63, 3.8) is 0 Å². The molecule has 2 aromatic carbocycles. The predicted octanol–water partition coefficient (Wildman–Crippen LogP) is 3.74. The van der Waals surface area contributed by atoms with Crippen LogP contribution in [-0.2, 0) is 14.8 Å². The summed E-state index contributed by atoms with van der Waals surface area (Å²) in [5.41, 5.74) is 1.11. The second kappa shape index (κ2) is 8.19. The van der Waals surface area contributed by atoms with Crippen LogP contribution in [0.5, 0.6) is 5.75 Å². The van der Waals surface area contributed by atoms with Crippen molar-refractivity contribution in [2.24, 2.45) is 0 Å². The largest absolute Gasteiger partial charge is 0.482 e. The number of sulfonamides is 1. The first-order chi connectivity index (χ1) is 12.5. The van der Waals surface area contributed by atoms with Crippen LogP contribution in [0.4, 0.5) is 5.69 Å². The molecule has 2 N–H and O–H groups in total. The zero-order valence-electron chi connectivity index (χ0n) is 15.7. The molecular formula is C19H23ClN2O4S. The fraction of sp³-hybridized carbons (Fsp3) is 0.316. The van der Waals surface area contributed by atoms with E-state index < -0.39 is 10.0 Å². The maximum Gasteiger partial charge on any atom is 0.261 e. The van der Waals surface area contributed by atoms with Gasteiger partial charge in [0, 0.05) is 11.2 Å². The number of carbonyl (C=O) groups excluding carboxylic acids is 1. The van der Waals surface area contributed by atoms with Gasteiger partial charge in [-0.3, -0.25) is 9.52 Å². The van der Waals surface area contributed by atoms with Crippen LogP contribution in [0.15, 0.2) is 47.4 Å². The van der Waals surface area contributed by atoms with Crippen molar-refractivity contribution in [2.45, 2.75) is 38.1 Å². The molecule has 0 aliphatic carbocycles. The summed E-state index contributed by atoms with van der Waals surface area (Å²) in [6, 6.07) is 11.1. The van der Waals surface area contributed by atoms with Gasteiger partial charge in [0.25, 0.3) is 15.9 Å². The molecule has 27 heavy (non-hydrogen) atoms. The monoisotopic (exact) mass is 410 g/mol. The van der Waals surface area contributed by atoms with Crippen LogP contribution in [0.2, 0.25) is 5.02 Å². The number of nitrogens with one attached hydrogen (secondary N) is 2. The molecule has 146 valence electrons. The number of carbonyl (C=O) groups is 1. The summed E-state index contributed by atoms with van der Waals surface area (Å²) >= 11 is 6.13. The van der Waals surface area contributed by atoms with Crippen LogP contribution in [0.1, 0.15) is 26.3 Å². The Labute approximate surface area is 164 Å². The molecule has 2 rings (SSSR count). The van der Waals surface area contributed by atoms with E-state index in [0.29, 0.717) is 5.69 Å². The molecule has 0 bridgehead atoms. The minimum absolute atomic E-state index is 0.000400. The van der Waals surface area contributed by atoms with Crippen LogP contribution in [-0.4, -0.2) is 26.5 Å². The van der Waals surface area contributed by atoms with Gasteiger partial charge in [-0.1, -0.05) is 29.3 Å². The van der Waals surface area contributed by atoms with Gasteiger partial charge in [0.2, 0.25) is 0 Å². The molecule has 0 heterocycles. The van der Waals surface area contributed by atoms with E-state index in [1.807, 2.05) is 39.8 Å². The van der Waals surface area contributed by atoms with Gasteiger partial charge in [-0.15, -0.1) is 0 Å². The summed E-state index contributed by atoms with van der Waals surface area (Å²) in [5, 5.41) is 2.86. The van der Waals surface area contributed by atoms with Gasteiger partial charge in [-0.05, 0) is 58.0 Å². The summed E-state index contributed by atoms with van der Waals surface area (Å²) in [6.07, 6.45) is 0. The Hall–Kier alpha value is -2.25.